The minimum absolute atomic E-state index is 0.0993. The number of nitrogens with one attached hydrogen (secondary N) is 1. The van der Waals surface area contributed by atoms with Crippen LogP contribution < -0.4 is 5.32 Å². The third-order valence-electron chi connectivity index (χ3n) is 5.47. The first kappa shape index (κ1) is 17.0. The Hall–Kier alpha value is -1.47. The maximum Gasteiger partial charge on any atom is 0.255 e. The Morgan fingerprint density at radius 2 is 2.08 bits per heavy atom. The van der Waals surface area contributed by atoms with Crippen molar-refractivity contribution >= 4 is 28.3 Å². The summed E-state index contributed by atoms with van der Waals surface area (Å²) in [4.78, 5) is 32.3. The molecule has 1 N–H and O–H groups in total. The van der Waals surface area contributed by atoms with E-state index in [1.54, 1.807) is 0 Å². The van der Waals surface area contributed by atoms with Crippen LogP contribution in [0.3, 0.4) is 0 Å². The third kappa shape index (κ3) is 3.87. The molecule has 3 heterocycles. The van der Waals surface area contributed by atoms with Crippen molar-refractivity contribution in [1.82, 2.24) is 9.88 Å². The Morgan fingerprint density at radius 1 is 1.24 bits per heavy atom. The summed E-state index contributed by atoms with van der Waals surface area (Å²) in [6.45, 7) is 2.03. The van der Waals surface area contributed by atoms with Gasteiger partial charge in [-0.15, -0.1) is 0 Å². The molecule has 0 bridgehead atoms. The monoisotopic (exact) mass is 363 g/mol. The van der Waals surface area contributed by atoms with Crippen LogP contribution in [0, 0.1) is 5.92 Å². The minimum Gasteiger partial charge on any atom is -0.368 e. The number of anilines is 1. The molecular formula is C18H25N3O3S. The maximum absolute atomic E-state index is 12.5. The van der Waals surface area contributed by atoms with Crippen molar-refractivity contribution in [2.45, 2.75) is 64.0 Å². The smallest absolute Gasteiger partial charge is 0.255 e. The zero-order valence-electron chi connectivity index (χ0n) is 14.5. The fraction of sp³-hybridized carbons (Fsp3) is 0.722. The zero-order chi connectivity index (χ0) is 17.2. The van der Waals surface area contributed by atoms with E-state index >= 15 is 0 Å². The Labute approximate surface area is 151 Å². The molecule has 1 aromatic rings. The van der Waals surface area contributed by atoms with Crippen molar-refractivity contribution in [3.8, 4) is 0 Å². The molecule has 1 saturated heterocycles. The first-order valence-electron chi connectivity index (χ1n) is 9.38. The summed E-state index contributed by atoms with van der Waals surface area (Å²) in [7, 11) is 0. The lowest BCUT2D eigenvalue weighted by molar-refractivity contribution is -0.133. The SMILES string of the molecule is O=C(Nc1nc2c(s1)CN(C(=O)CC1CCCC1)CC2)C1CCCO1. The molecule has 1 atom stereocenters. The summed E-state index contributed by atoms with van der Waals surface area (Å²) in [6.07, 6.45) is 7.77. The fourth-order valence-electron chi connectivity index (χ4n) is 4.02. The van der Waals surface area contributed by atoms with Crippen LogP contribution in [0.1, 0.15) is 55.5 Å². The number of nitrogens with zero attached hydrogens (tertiary/aromatic N) is 2. The predicted octanol–water partition coefficient (Wildman–Crippen LogP) is 2.73. The number of hydrogen-bond acceptors (Lipinski definition) is 5. The summed E-state index contributed by atoms with van der Waals surface area (Å²) >= 11 is 1.49. The van der Waals surface area contributed by atoms with E-state index in [9.17, 15) is 9.59 Å². The minimum atomic E-state index is -0.342. The summed E-state index contributed by atoms with van der Waals surface area (Å²) in [5.41, 5.74) is 1.03. The Balaban J connectivity index is 1.35. The van der Waals surface area contributed by atoms with Crippen LogP contribution in [0.4, 0.5) is 5.13 Å². The van der Waals surface area contributed by atoms with E-state index in [1.165, 1.54) is 37.0 Å². The van der Waals surface area contributed by atoms with Gasteiger partial charge in [-0.1, -0.05) is 24.2 Å². The van der Waals surface area contributed by atoms with Gasteiger partial charge in [0.2, 0.25) is 5.91 Å². The van der Waals surface area contributed by atoms with Crippen LogP contribution in [0.25, 0.3) is 0 Å². The van der Waals surface area contributed by atoms with Gasteiger partial charge in [-0.2, -0.15) is 0 Å². The van der Waals surface area contributed by atoms with Crippen molar-refractivity contribution in [3.05, 3.63) is 10.6 Å². The fourth-order valence-corrected chi connectivity index (χ4v) is 5.05. The predicted molar refractivity (Wildman–Crippen MR) is 95.4 cm³/mol. The number of carbonyl (C=O) groups is 2. The van der Waals surface area contributed by atoms with Gasteiger partial charge in [-0.3, -0.25) is 14.9 Å². The van der Waals surface area contributed by atoms with E-state index in [4.69, 9.17) is 4.74 Å². The third-order valence-corrected chi connectivity index (χ3v) is 6.47. The number of hydrogen-bond donors (Lipinski definition) is 1. The highest BCUT2D eigenvalue weighted by Crippen LogP contribution is 2.31. The molecule has 1 aliphatic carbocycles. The Morgan fingerprint density at radius 3 is 2.84 bits per heavy atom. The molecule has 1 saturated carbocycles. The van der Waals surface area contributed by atoms with Gasteiger partial charge in [0.1, 0.15) is 6.10 Å². The molecule has 7 heteroatoms. The van der Waals surface area contributed by atoms with E-state index in [0.717, 1.165) is 36.4 Å². The second kappa shape index (κ2) is 7.41. The normalized spacial score (nSPS) is 23.7. The average molecular weight is 363 g/mol. The van der Waals surface area contributed by atoms with Crippen LogP contribution in [0.2, 0.25) is 0 Å². The number of rotatable bonds is 4. The summed E-state index contributed by atoms with van der Waals surface area (Å²) < 4.78 is 5.41. The number of amides is 2. The molecule has 0 radical (unpaired) electrons. The molecule has 1 aromatic heterocycles. The molecular weight excluding hydrogens is 338 g/mol. The van der Waals surface area contributed by atoms with Crippen molar-refractivity contribution in [2.75, 3.05) is 18.5 Å². The number of ether oxygens (including phenoxy) is 1. The van der Waals surface area contributed by atoms with E-state index < -0.39 is 0 Å². The van der Waals surface area contributed by atoms with Crippen LogP contribution in [0.5, 0.6) is 0 Å². The number of aromatic nitrogens is 1. The van der Waals surface area contributed by atoms with Gasteiger partial charge in [0.25, 0.3) is 5.91 Å². The van der Waals surface area contributed by atoms with E-state index in [1.807, 2.05) is 4.90 Å². The molecule has 4 rings (SSSR count). The van der Waals surface area contributed by atoms with Crippen molar-refractivity contribution in [2.24, 2.45) is 5.92 Å². The van der Waals surface area contributed by atoms with Gasteiger partial charge < -0.3 is 9.64 Å². The molecule has 0 spiro atoms. The van der Waals surface area contributed by atoms with Gasteiger partial charge >= 0.3 is 0 Å². The molecule has 0 aromatic carbocycles. The highest BCUT2D eigenvalue weighted by molar-refractivity contribution is 7.15. The zero-order valence-corrected chi connectivity index (χ0v) is 15.3. The largest absolute Gasteiger partial charge is 0.368 e. The van der Waals surface area contributed by atoms with Crippen molar-refractivity contribution < 1.29 is 14.3 Å². The Kier molecular flexibility index (Phi) is 5.03. The van der Waals surface area contributed by atoms with E-state index in [-0.39, 0.29) is 17.9 Å². The molecule has 2 amide bonds. The van der Waals surface area contributed by atoms with E-state index in [2.05, 4.69) is 10.3 Å². The molecule has 1 unspecified atom stereocenters. The molecule has 2 aliphatic heterocycles. The van der Waals surface area contributed by atoms with Gasteiger partial charge in [0.05, 0.1) is 12.2 Å². The summed E-state index contributed by atoms with van der Waals surface area (Å²) in [5, 5.41) is 3.52. The number of thiazole rings is 1. The standard InChI is InChI=1S/C18H25N3O3S/c22-16(10-12-4-1-2-5-12)21-8-7-13-15(11-21)25-18(19-13)20-17(23)14-6-3-9-24-14/h12,14H,1-11H2,(H,19,20,23). The molecule has 6 nitrogen and oxygen atoms in total. The van der Waals surface area contributed by atoms with Gasteiger partial charge in [0, 0.05) is 30.9 Å². The average Bonchev–Trinajstić information content (AvgIpc) is 3.35. The maximum atomic E-state index is 12.5. The van der Waals surface area contributed by atoms with Gasteiger partial charge in [-0.25, -0.2) is 4.98 Å². The topological polar surface area (TPSA) is 71.5 Å². The summed E-state index contributed by atoms with van der Waals surface area (Å²) in [6, 6.07) is 0. The molecule has 136 valence electrons. The van der Waals surface area contributed by atoms with Crippen molar-refractivity contribution in [3.63, 3.8) is 0 Å². The quantitative estimate of drug-likeness (QED) is 0.893. The highest BCUT2D eigenvalue weighted by Gasteiger charge is 2.28. The van der Waals surface area contributed by atoms with Gasteiger partial charge in [-0.05, 0) is 31.6 Å². The first-order valence-corrected chi connectivity index (χ1v) is 10.2. The lowest BCUT2D eigenvalue weighted by atomic mass is 10.0. The Bertz CT molecular complexity index is 648. The van der Waals surface area contributed by atoms with Gasteiger partial charge in [0.15, 0.2) is 5.13 Å². The lowest BCUT2D eigenvalue weighted by Gasteiger charge is -2.27. The first-order chi connectivity index (χ1) is 12.2. The van der Waals surface area contributed by atoms with Crippen LogP contribution in [-0.2, 0) is 27.3 Å². The summed E-state index contributed by atoms with van der Waals surface area (Å²) in [5.74, 6) is 0.755. The number of carbonyl (C=O) groups excluding carboxylic acids is 2. The number of fused-ring (bicyclic) bond motifs is 1. The molecule has 3 aliphatic rings. The second-order valence-corrected chi connectivity index (χ2v) is 8.38. The van der Waals surface area contributed by atoms with E-state index in [0.29, 0.717) is 30.6 Å². The van der Waals surface area contributed by atoms with Crippen molar-refractivity contribution in [1.29, 1.82) is 0 Å². The van der Waals surface area contributed by atoms with Crippen LogP contribution in [0.15, 0.2) is 0 Å². The molecule has 2 fully saturated rings. The highest BCUT2D eigenvalue weighted by atomic mass is 32.1. The van der Waals surface area contributed by atoms with Crippen LogP contribution in [-0.4, -0.2) is 41.0 Å². The second-order valence-electron chi connectivity index (χ2n) is 7.30. The molecule has 25 heavy (non-hydrogen) atoms. The lowest BCUT2D eigenvalue weighted by Crippen LogP contribution is -2.36. The van der Waals surface area contributed by atoms with Crippen LogP contribution >= 0.6 is 11.3 Å².